The van der Waals surface area contributed by atoms with Crippen LogP contribution in [-0.4, -0.2) is 12.8 Å². The Kier molecular flexibility index (Phi) is 6.34. The number of carbonyl (C=O) groups excluding carboxylic acids is 1. The van der Waals surface area contributed by atoms with Gasteiger partial charge < -0.3 is 5.32 Å². The monoisotopic (exact) mass is 425 g/mol. The Bertz CT molecular complexity index is 1190. The molecule has 1 heterocycles. The minimum atomic E-state index is -0.361. The van der Waals surface area contributed by atoms with Gasteiger partial charge in [0.1, 0.15) is 0 Å². The van der Waals surface area contributed by atoms with Gasteiger partial charge in [-0.05, 0) is 46.3 Å². The lowest BCUT2D eigenvalue weighted by Crippen LogP contribution is -2.27. The molecule has 2 nitrogen and oxygen atoms in total. The number of fused-ring (bicyclic) bond motifs is 1. The second-order valence-electron chi connectivity index (χ2n) is 8.11. The van der Waals surface area contributed by atoms with Gasteiger partial charge in [-0.25, -0.2) is 0 Å². The van der Waals surface area contributed by atoms with Gasteiger partial charge in [-0.3, -0.25) is 4.79 Å². The lowest BCUT2D eigenvalue weighted by Gasteiger charge is -2.32. The van der Waals surface area contributed by atoms with Crippen LogP contribution in [0.2, 0.25) is 0 Å². The molecule has 0 saturated heterocycles. The largest absolute Gasteiger partial charge is 0.388 e. The number of hydrogen-bond acceptors (Lipinski definition) is 3. The van der Waals surface area contributed by atoms with Crippen LogP contribution in [0.25, 0.3) is 16.8 Å². The predicted octanol–water partition coefficient (Wildman–Crippen LogP) is 7.58. The first-order valence-electron chi connectivity index (χ1n) is 10.6. The Hall–Kier alpha value is -3.17. The summed E-state index contributed by atoms with van der Waals surface area (Å²) in [7, 11) is 1.95. The van der Waals surface area contributed by atoms with E-state index in [4.69, 9.17) is 0 Å². The van der Waals surface area contributed by atoms with Crippen LogP contribution in [-0.2, 0) is 5.41 Å². The number of hydrogen-bond donors (Lipinski definition) is 1. The van der Waals surface area contributed by atoms with Crippen LogP contribution in [0.3, 0.4) is 0 Å². The first kappa shape index (κ1) is 21.1. The fourth-order valence-electron chi connectivity index (χ4n) is 4.29. The van der Waals surface area contributed by atoms with Crippen molar-refractivity contribution in [3.05, 3.63) is 106 Å². The van der Waals surface area contributed by atoms with Crippen LogP contribution < -0.4 is 5.32 Å². The molecule has 1 atom stereocenters. The second-order valence-corrected chi connectivity index (χ2v) is 9.09. The molecule has 0 bridgehead atoms. The summed E-state index contributed by atoms with van der Waals surface area (Å²) in [5.41, 5.74) is 2.68. The van der Waals surface area contributed by atoms with Gasteiger partial charge in [-0.1, -0.05) is 79.7 Å². The zero-order valence-electron chi connectivity index (χ0n) is 18.0. The quantitative estimate of drug-likeness (QED) is 0.295. The molecule has 1 N–H and O–H groups in total. The third-order valence-corrected chi connectivity index (χ3v) is 6.68. The summed E-state index contributed by atoms with van der Waals surface area (Å²) in [4.78, 5) is 14.5. The third kappa shape index (κ3) is 4.62. The lowest BCUT2D eigenvalue weighted by molar-refractivity contribution is 0.0954. The average molecular weight is 426 g/mol. The number of thiophene rings is 1. The van der Waals surface area contributed by atoms with Gasteiger partial charge >= 0.3 is 0 Å². The highest BCUT2D eigenvalue weighted by atomic mass is 32.1. The summed E-state index contributed by atoms with van der Waals surface area (Å²) >= 11 is 1.72. The van der Waals surface area contributed by atoms with E-state index < -0.39 is 0 Å². The third-order valence-electron chi connectivity index (χ3n) is 5.84. The van der Waals surface area contributed by atoms with Gasteiger partial charge in [0.2, 0.25) is 0 Å². The zero-order chi connectivity index (χ0) is 21.7. The van der Waals surface area contributed by atoms with Crippen LogP contribution in [0.4, 0.5) is 5.69 Å². The van der Waals surface area contributed by atoms with E-state index in [1.54, 1.807) is 11.3 Å². The van der Waals surface area contributed by atoms with E-state index >= 15 is 0 Å². The topological polar surface area (TPSA) is 29.1 Å². The van der Waals surface area contributed by atoms with Crippen molar-refractivity contribution in [2.24, 2.45) is 0 Å². The molecule has 3 aromatic carbocycles. The summed E-state index contributed by atoms with van der Waals surface area (Å²) < 4.78 is 0. The molecular weight excluding hydrogens is 398 g/mol. The molecule has 0 saturated carbocycles. The van der Waals surface area contributed by atoms with Crippen LogP contribution in [0, 0.1) is 0 Å². The van der Waals surface area contributed by atoms with Crippen molar-refractivity contribution < 1.29 is 4.79 Å². The molecule has 0 aliphatic rings. The Labute approximate surface area is 188 Å². The molecule has 3 heteroatoms. The van der Waals surface area contributed by atoms with E-state index in [1.807, 2.05) is 37.4 Å². The van der Waals surface area contributed by atoms with Crippen LogP contribution >= 0.6 is 11.3 Å². The summed E-state index contributed by atoms with van der Waals surface area (Å²) in [5, 5.41) is 7.85. The highest BCUT2D eigenvalue weighted by molar-refractivity contribution is 7.10. The molecule has 0 radical (unpaired) electrons. The zero-order valence-corrected chi connectivity index (χ0v) is 18.8. The maximum absolute atomic E-state index is 13.3. The van der Waals surface area contributed by atoms with Crippen LogP contribution in [0.15, 0.2) is 90.3 Å². The number of benzene rings is 3. The number of Topliss-reactive ketones (excluding diaryl/α,β-unsaturated/α-hetero) is 1. The summed E-state index contributed by atoms with van der Waals surface area (Å²) in [6, 6.07) is 26.5. The van der Waals surface area contributed by atoms with Crippen molar-refractivity contribution in [3.8, 4) is 0 Å². The summed E-state index contributed by atoms with van der Waals surface area (Å²) in [5.74, 6) is 0.169. The summed E-state index contributed by atoms with van der Waals surface area (Å²) in [6.07, 6.45) is 5.59. The van der Waals surface area contributed by atoms with Crippen LogP contribution in [0.5, 0.6) is 0 Å². The number of anilines is 1. The van der Waals surface area contributed by atoms with E-state index in [0.717, 1.165) is 17.7 Å². The maximum atomic E-state index is 13.3. The molecule has 0 amide bonds. The van der Waals surface area contributed by atoms with Gasteiger partial charge in [0.25, 0.3) is 0 Å². The Morgan fingerprint density at radius 1 is 0.968 bits per heavy atom. The first-order valence-corrected chi connectivity index (χ1v) is 11.5. The predicted molar refractivity (Wildman–Crippen MR) is 134 cm³/mol. The molecular formula is C28H27NOS. The van der Waals surface area contributed by atoms with E-state index in [1.165, 1.54) is 21.2 Å². The Balaban J connectivity index is 1.80. The number of carbonyl (C=O) groups is 1. The van der Waals surface area contributed by atoms with Gasteiger partial charge in [0.15, 0.2) is 5.78 Å². The summed E-state index contributed by atoms with van der Waals surface area (Å²) in [6.45, 7) is 2.22. The van der Waals surface area contributed by atoms with E-state index in [2.05, 4.69) is 78.3 Å². The van der Waals surface area contributed by atoms with Gasteiger partial charge in [-0.2, -0.15) is 0 Å². The van der Waals surface area contributed by atoms with E-state index in [9.17, 15) is 4.79 Å². The van der Waals surface area contributed by atoms with Gasteiger partial charge in [0, 0.05) is 35.0 Å². The Morgan fingerprint density at radius 2 is 1.74 bits per heavy atom. The van der Waals surface area contributed by atoms with Crippen LogP contribution in [0.1, 0.15) is 40.6 Å². The number of rotatable bonds is 8. The SMILES string of the molecule is CNc1ccc2ccccc2c1C(C)(C/C=C/c1cccs1)CC(=O)c1ccccc1. The smallest absolute Gasteiger partial charge is 0.163 e. The van der Waals surface area contributed by atoms with Crippen molar-refractivity contribution in [3.63, 3.8) is 0 Å². The molecule has 0 aliphatic carbocycles. The van der Waals surface area contributed by atoms with Gasteiger partial charge in [0.05, 0.1) is 0 Å². The van der Waals surface area contributed by atoms with Crippen molar-refractivity contribution in [1.29, 1.82) is 0 Å². The molecule has 156 valence electrons. The molecule has 0 aliphatic heterocycles. The lowest BCUT2D eigenvalue weighted by atomic mass is 9.72. The fourth-order valence-corrected chi connectivity index (χ4v) is 4.94. The van der Waals surface area contributed by atoms with Gasteiger partial charge in [-0.15, -0.1) is 11.3 Å². The van der Waals surface area contributed by atoms with Crippen molar-refractivity contribution in [2.45, 2.75) is 25.2 Å². The molecule has 1 aromatic heterocycles. The highest BCUT2D eigenvalue weighted by Crippen LogP contribution is 2.42. The minimum Gasteiger partial charge on any atom is -0.388 e. The van der Waals surface area contributed by atoms with Crippen molar-refractivity contribution in [1.82, 2.24) is 0 Å². The van der Waals surface area contributed by atoms with E-state index in [0.29, 0.717) is 6.42 Å². The number of allylic oxidation sites excluding steroid dienone is 1. The molecule has 0 fully saturated rings. The average Bonchev–Trinajstić information content (AvgIpc) is 3.32. The molecule has 0 spiro atoms. The van der Waals surface area contributed by atoms with E-state index in [-0.39, 0.29) is 11.2 Å². The fraction of sp³-hybridized carbons (Fsp3) is 0.179. The minimum absolute atomic E-state index is 0.169. The number of nitrogens with one attached hydrogen (secondary N) is 1. The molecule has 4 rings (SSSR count). The first-order chi connectivity index (χ1) is 15.1. The maximum Gasteiger partial charge on any atom is 0.163 e. The molecule has 1 unspecified atom stereocenters. The Morgan fingerprint density at radius 3 is 2.48 bits per heavy atom. The second kappa shape index (κ2) is 9.32. The van der Waals surface area contributed by atoms with Crippen molar-refractivity contribution in [2.75, 3.05) is 12.4 Å². The number of ketones is 1. The molecule has 31 heavy (non-hydrogen) atoms. The van der Waals surface area contributed by atoms with Crippen molar-refractivity contribution >= 4 is 39.7 Å². The highest BCUT2D eigenvalue weighted by Gasteiger charge is 2.32. The normalized spacial score (nSPS) is 13.4. The standard InChI is InChI=1S/C28H27NOS/c1-28(18-8-13-23-14-9-19-31-23,20-26(30)22-11-4-3-5-12-22)27-24-15-7-6-10-21(24)16-17-25(27)29-2/h3-17,19,29H,18,20H2,1-2H3/b13-8+. The molecule has 4 aromatic rings.